The molecular formula is C24H29N3O5S. The van der Waals surface area contributed by atoms with Gasteiger partial charge in [-0.2, -0.15) is 4.31 Å². The second-order valence-corrected chi connectivity index (χ2v) is 10.0. The molecule has 8 nitrogen and oxygen atoms in total. The molecule has 0 amide bonds. The summed E-state index contributed by atoms with van der Waals surface area (Å²) in [6.07, 6.45) is 1.59. The summed E-state index contributed by atoms with van der Waals surface area (Å²) in [5.41, 5.74) is 2.49. The highest BCUT2D eigenvalue weighted by molar-refractivity contribution is 7.89. The van der Waals surface area contributed by atoms with Crippen molar-refractivity contribution in [3.05, 3.63) is 83.4 Å². The zero-order valence-corrected chi connectivity index (χ0v) is 20.0. The lowest BCUT2D eigenvalue weighted by Gasteiger charge is -2.28. The molecule has 0 saturated carbocycles. The Labute approximate surface area is 194 Å². The standard InChI is InChI=1S/C24H29N3O5S/c1-17-13-26-23(14-25-17)24(28)18(2)33(29,30)27(15-19-5-9-21(31-3)10-6-19)16-20-7-11-22(32-4)12-8-20/h5-14,18,24,28H,15-16H2,1-4H3/t18-,24+/m1/s1. The molecule has 1 heterocycles. The molecule has 9 heteroatoms. The Morgan fingerprint density at radius 3 is 1.76 bits per heavy atom. The molecule has 0 fully saturated rings. The molecule has 0 aliphatic carbocycles. The molecule has 1 aromatic heterocycles. The van der Waals surface area contributed by atoms with Crippen molar-refractivity contribution in [3.63, 3.8) is 0 Å². The zero-order chi connectivity index (χ0) is 24.0. The van der Waals surface area contributed by atoms with Crippen LogP contribution < -0.4 is 9.47 Å². The number of methoxy groups -OCH3 is 2. The third-order valence-corrected chi connectivity index (χ3v) is 7.59. The number of ether oxygens (including phenoxy) is 2. The van der Waals surface area contributed by atoms with Gasteiger partial charge in [-0.15, -0.1) is 0 Å². The number of aryl methyl sites for hydroxylation is 1. The SMILES string of the molecule is COc1ccc(CN(Cc2ccc(OC)cc2)S(=O)(=O)[C@H](C)[C@H](O)c2cnc(C)cn2)cc1. The van der Waals surface area contributed by atoms with Gasteiger partial charge in [0.2, 0.25) is 10.0 Å². The van der Waals surface area contributed by atoms with E-state index in [1.807, 2.05) is 24.3 Å². The average Bonchev–Trinajstić information content (AvgIpc) is 2.84. The monoisotopic (exact) mass is 471 g/mol. The molecule has 2 aromatic carbocycles. The van der Waals surface area contributed by atoms with E-state index in [0.29, 0.717) is 17.2 Å². The maximum absolute atomic E-state index is 13.6. The quantitative estimate of drug-likeness (QED) is 0.484. The lowest BCUT2D eigenvalue weighted by atomic mass is 10.2. The largest absolute Gasteiger partial charge is 0.497 e. The molecule has 0 unspecified atom stereocenters. The van der Waals surface area contributed by atoms with Gasteiger partial charge in [-0.3, -0.25) is 9.97 Å². The number of aromatic nitrogens is 2. The molecular weight excluding hydrogens is 442 g/mol. The predicted molar refractivity (Wildman–Crippen MR) is 125 cm³/mol. The fourth-order valence-electron chi connectivity index (χ4n) is 3.30. The van der Waals surface area contributed by atoms with Gasteiger partial charge in [0.25, 0.3) is 0 Å². The fourth-order valence-corrected chi connectivity index (χ4v) is 4.89. The lowest BCUT2D eigenvalue weighted by Crippen LogP contribution is -2.39. The Balaban J connectivity index is 1.91. The summed E-state index contributed by atoms with van der Waals surface area (Å²) in [6, 6.07) is 14.4. The second kappa shape index (κ2) is 10.7. The summed E-state index contributed by atoms with van der Waals surface area (Å²) in [5.74, 6) is 1.37. The highest BCUT2D eigenvalue weighted by atomic mass is 32.2. The van der Waals surface area contributed by atoms with Crippen molar-refractivity contribution < 1.29 is 23.0 Å². The van der Waals surface area contributed by atoms with E-state index in [1.54, 1.807) is 45.4 Å². The Bertz CT molecular complexity index is 1080. The number of benzene rings is 2. The van der Waals surface area contributed by atoms with Crippen molar-refractivity contribution in [1.82, 2.24) is 14.3 Å². The molecule has 33 heavy (non-hydrogen) atoms. The van der Waals surface area contributed by atoms with E-state index >= 15 is 0 Å². The molecule has 1 N–H and O–H groups in total. The molecule has 176 valence electrons. The highest BCUT2D eigenvalue weighted by Crippen LogP contribution is 2.26. The first-order chi connectivity index (χ1) is 15.7. The Morgan fingerprint density at radius 2 is 1.36 bits per heavy atom. The van der Waals surface area contributed by atoms with Crippen LogP contribution in [0.3, 0.4) is 0 Å². The van der Waals surface area contributed by atoms with Crippen molar-refractivity contribution in [2.45, 2.75) is 38.3 Å². The van der Waals surface area contributed by atoms with Gasteiger partial charge in [-0.1, -0.05) is 24.3 Å². The van der Waals surface area contributed by atoms with Gasteiger partial charge >= 0.3 is 0 Å². The summed E-state index contributed by atoms with van der Waals surface area (Å²) in [6.45, 7) is 3.52. The topological polar surface area (TPSA) is 102 Å². The molecule has 0 saturated heterocycles. The zero-order valence-electron chi connectivity index (χ0n) is 19.2. The van der Waals surface area contributed by atoms with Crippen LogP contribution >= 0.6 is 0 Å². The number of hydrogen-bond donors (Lipinski definition) is 1. The van der Waals surface area contributed by atoms with E-state index < -0.39 is 21.4 Å². The minimum atomic E-state index is -3.93. The minimum Gasteiger partial charge on any atom is -0.497 e. The first-order valence-corrected chi connectivity index (χ1v) is 12.0. The second-order valence-electron chi connectivity index (χ2n) is 7.74. The normalized spacial score (nSPS) is 13.5. The Hall–Kier alpha value is -3.01. The van der Waals surface area contributed by atoms with Gasteiger partial charge in [0, 0.05) is 19.3 Å². The van der Waals surface area contributed by atoms with Crippen LogP contribution in [0.25, 0.3) is 0 Å². The Kier molecular flexibility index (Phi) is 8.01. The van der Waals surface area contributed by atoms with E-state index in [2.05, 4.69) is 9.97 Å². The van der Waals surface area contributed by atoms with Gasteiger partial charge in [0.1, 0.15) is 22.9 Å². The third-order valence-electron chi connectivity index (χ3n) is 5.41. The summed E-state index contributed by atoms with van der Waals surface area (Å²) in [4.78, 5) is 8.28. The molecule has 3 aromatic rings. The van der Waals surface area contributed by atoms with Gasteiger partial charge in [0.05, 0.1) is 31.8 Å². The smallest absolute Gasteiger partial charge is 0.220 e. The van der Waals surface area contributed by atoms with Crippen LogP contribution in [0.5, 0.6) is 11.5 Å². The van der Waals surface area contributed by atoms with E-state index in [9.17, 15) is 13.5 Å². The third kappa shape index (κ3) is 6.07. The van der Waals surface area contributed by atoms with Crippen molar-refractivity contribution in [3.8, 4) is 11.5 Å². The number of nitrogens with zero attached hydrogens (tertiary/aromatic N) is 3. The molecule has 0 radical (unpaired) electrons. The highest BCUT2D eigenvalue weighted by Gasteiger charge is 2.35. The van der Waals surface area contributed by atoms with Crippen molar-refractivity contribution in [2.75, 3.05) is 14.2 Å². The van der Waals surface area contributed by atoms with E-state index in [1.165, 1.54) is 23.6 Å². The minimum absolute atomic E-state index is 0.134. The number of aliphatic hydroxyl groups is 1. The van der Waals surface area contributed by atoms with E-state index in [4.69, 9.17) is 9.47 Å². The molecule has 0 aliphatic rings. The van der Waals surface area contributed by atoms with Crippen molar-refractivity contribution >= 4 is 10.0 Å². The predicted octanol–water partition coefficient (Wildman–Crippen LogP) is 3.26. The van der Waals surface area contributed by atoms with Crippen LogP contribution in [0.15, 0.2) is 60.9 Å². The first kappa shape index (κ1) is 24.6. The maximum atomic E-state index is 13.6. The van der Waals surface area contributed by atoms with Gasteiger partial charge in [-0.25, -0.2) is 8.42 Å². The van der Waals surface area contributed by atoms with Gasteiger partial charge in [0.15, 0.2) is 0 Å². The van der Waals surface area contributed by atoms with Gasteiger partial charge in [-0.05, 0) is 49.2 Å². The Morgan fingerprint density at radius 1 is 0.879 bits per heavy atom. The molecule has 0 spiro atoms. The average molecular weight is 472 g/mol. The number of hydrogen-bond acceptors (Lipinski definition) is 7. The molecule has 0 aliphatic heterocycles. The number of rotatable bonds is 10. The lowest BCUT2D eigenvalue weighted by molar-refractivity contribution is 0.167. The van der Waals surface area contributed by atoms with E-state index in [0.717, 1.165) is 11.1 Å². The van der Waals surface area contributed by atoms with Crippen LogP contribution in [0.1, 0.15) is 35.5 Å². The fraction of sp³-hybridized carbons (Fsp3) is 0.333. The van der Waals surface area contributed by atoms with Gasteiger partial charge < -0.3 is 14.6 Å². The van der Waals surface area contributed by atoms with Crippen LogP contribution in [-0.2, 0) is 23.1 Å². The number of aliphatic hydroxyl groups excluding tert-OH is 1. The summed E-state index contributed by atoms with van der Waals surface area (Å²) >= 11 is 0. The van der Waals surface area contributed by atoms with Crippen LogP contribution in [0.4, 0.5) is 0 Å². The van der Waals surface area contributed by atoms with E-state index in [-0.39, 0.29) is 18.8 Å². The van der Waals surface area contributed by atoms with Crippen LogP contribution in [0, 0.1) is 6.92 Å². The summed E-state index contributed by atoms with van der Waals surface area (Å²) in [7, 11) is -0.782. The van der Waals surface area contributed by atoms with Crippen molar-refractivity contribution in [2.24, 2.45) is 0 Å². The number of sulfonamides is 1. The van der Waals surface area contributed by atoms with Crippen LogP contribution in [-0.4, -0.2) is 47.3 Å². The molecule has 0 bridgehead atoms. The van der Waals surface area contributed by atoms with Crippen LogP contribution in [0.2, 0.25) is 0 Å². The summed E-state index contributed by atoms with van der Waals surface area (Å²) in [5, 5.41) is 9.66. The maximum Gasteiger partial charge on any atom is 0.220 e. The first-order valence-electron chi connectivity index (χ1n) is 10.5. The molecule has 3 rings (SSSR count). The summed E-state index contributed by atoms with van der Waals surface area (Å²) < 4.78 is 39.0. The molecule has 2 atom stereocenters. The van der Waals surface area contributed by atoms with Crippen molar-refractivity contribution in [1.29, 1.82) is 0 Å².